The van der Waals surface area contributed by atoms with Crippen LogP contribution < -0.4 is 10.6 Å². The molecule has 1 aromatic rings. The van der Waals surface area contributed by atoms with Gasteiger partial charge in [-0.1, -0.05) is 13.8 Å². The first-order valence-corrected chi connectivity index (χ1v) is 9.24. The Bertz CT molecular complexity index is 535. The van der Waals surface area contributed by atoms with E-state index in [9.17, 15) is 0 Å². The summed E-state index contributed by atoms with van der Waals surface area (Å²) in [6.45, 7) is 11.0. The lowest BCUT2D eigenvalue weighted by atomic mass is 9.58. The molecule has 1 aromatic heterocycles. The molecule has 2 atom stereocenters. The highest BCUT2D eigenvalue weighted by molar-refractivity contribution is 5.80. The molecule has 1 aliphatic carbocycles. The Morgan fingerprint density at radius 3 is 2.67 bits per heavy atom. The van der Waals surface area contributed by atoms with Crippen molar-refractivity contribution in [2.24, 2.45) is 17.5 Å². The van der Waals surface area contributed by atoms with Crippen molar-refractivity contribution in [2.45, 2.75) is 65.6 Å². The zero-order valence-electron chi connectivity index (χ0n) is 15.8. The van der Waals surface area contributed by atoms with Gasteiger partial charge in [0, 0.05) is 37.9 Å². The van der Waals surface area contributed by atoms with Crippen LogP contribution in [0.3, 0.4) is 0 Å². The number of nitrogens with one attached hydrogen (secondary N) is 2. The minimum atomic E-state index is 0.207. The van der Waals surface area contributed by atoms with E-state index in [4.69, 9.17) is 9.73 Å². The van der Waals surface area contributed by atoms with E-state index in [1.165, 1.54) is 0 Å². The lowest BCUT2D eigenvalue weighted by Crippen LogP contribution is -2.65. The molecule has 0 aromatic carbocycles. The van der Waals surface area contributed by atoms with Crippen LogP contribution in [0.4, 0.5) is 0 Å². The smallest absolute Gasteiger partial charge is 0.191 e. The fourth-order valence-corrected chi connectivity index (χ4v) is 3.78. The maximum atomic E-state index is 5.97. The highest BCUT2D eigenvalue weighted by Crippen LogP contribution is 2.48. The summed E-state index contributed by atoms with van der Waals surface area (Å²) in [6, 6.07) is 2.41. The van der Waals surface area contributed by atoms with Gasteiger partial charge in [-0.3, -0.25) is 4.68 Å². The van der Waals surface area contributed by atoms with Crippen molar-refractivity contribution in [1.82, 2.24) is 20.4 Å². The average molecular weight is 335 g/mol. The van der Waals surface area contributed by atoms with Crippen molar-refractivity contribution in [2.75, 3.05) is 13.2 Å². The molecule has 6 heteroatoms. The molecule has 1 fully saturated rings. The minimum Gasteiger partial charge on any atom is -0.378 e. The second-order valence-electron chi connectivity index (χ2n) is 6.46. The van der Waals surface area contributed by atoms with E-state index >= 15 is 0 Å². The number of ether oxygens (including phenoxy) is 1. The predicted molar refractivity (Wildman–Crippen MR) is 98.0 cm³/mol. The van der Waals surface area contributed by atoms with Gasteiger partial charge in [0.25, 0.3) is 0 Å². The monoisotopic (exact) mass is 335 g/mol. The standard InChI is InChI=1S/C18H33N5O/c1-6-18(7-2)15(12-16(18)24-9-4)22-17(19-8-3)20-13-14-10-11-21-23(14)5/h10-11,15-16H,6-9,12-13H2,1-5H3,(H2,19,20,22). The number of nitrogens with zero attached hydrogens (tertiary/aromatic N) is 3. The first kappa shape index (κ1) is 18.8. The van der Waals surface area contributed by atoms with Crippen LogP contribution in [0.1, 0.15) is 52.7 Å². The van der Waals surface area contributed by atoms with Gasteiger partial charge in [0.15, 0.2) is 5.96 Å². The van der Waals surface area contributed by atoms with Crippen LogP contribution >= 0.6 is 0 Å². The number of guanidine groups is 1. The summed E-state index contributed by atoms with van der Waals surface area (Å²) in [5.41, 5.74) is 1.31. The van der Waals surface area contributed by atoms with Crippen LogP contribution in [0, 0.1) is 5.41 Å². The van der Waals surface area contributed by atoms with Gasteiger partial charge in [-0.05, 0) is 39.2 Å². The number of aromatic nitrogens is 2. The van der Waals surface area contributed by atoms with E-state index in [0.29, 0.717) is 18.7 Å². The zero-order chi connectivity index (χ0) is 17.6. The maximum absolute atomic E-state index is 5.97. The van der Waals surface area contributed by atoms with Crippen LogP contribution in [0.25, 0.3) is 0 Å². The van der Waals surface area contributed by atoms with E-state index in [1.807, 2.05) is 24.0 Å². The quantitative estimate of drug-likeness (QED) is 0.566. The Balaban J connectivity index is 2.05. The molecule has 24 heavy (non-hydrogen) atoms. The highest BCUT2D eigenvalue weighted by atomic mass is 16.5. The van der Waals surface area contributed by atoms with Gasteiger partial charge in [-0.2, -0.15) is 5.10 Å². The SMILES string of the molecule is CCNC(=NCc1ccnn1C)NC1CC(OCC)C1(CC)CC. The fraction of sp³-hybridized carbons (Fsp3) is 0.778. The molecule has 1 heterocycles. The van der Waals surface area contributed by atoms with Crippen LogP contribution in [-0.2, 0) is 18.3 Å². The molecule has 136 valence electrons. The van der Waals surface area contributed by atoms with Crippen molar-refractivity contribution in [3.05, 3.63) is 18.0 Å². The Morgan fingerprint density at radius 1 is 1.38 bits per heavy atom. The lowest BCUT2D eigenvalue weighted by molar-refractivity contribution is -0.133. The lowest BCUT2D eigenvalue weighted by Gasteiger charge is -2.55. The molecule has 0 spiro atoms. The molecule has 2 unspecified atom stereocenters. The fourth-order valence-electron chi connectivity index (χ4n) is 3.78. The van der Waals surface area contributed by atoms with Gasteiger partial charge >= 0.3 is 0 Å². The van der Waals surface area contributed by atoms with E-state index < -0.39 is 0 Å². The summed E-state index contributed by atoms with van der Waals surface area (Å²) in [7, 11) is 1.95. The van der Waals surface area contributed by atoms with E-state index in [2.05, 4.69) is 43.4 Å². The Hall–Kier alpha value is -1.56. The number of aryl methyl sites for hydroxylation is 1. The number of rotatable bonds is 8. The third-order valence-electron chi connectivity index (χ3n) is 5.45. The molecule has 1 aliphatic rings. The topological polar surface area (TPSA) is 63.5 Å². The minimum absolute atomic E-state index is 0.207. The largest absolute Gasteiger partial charge is 0.378 e. The first-order valence-electron chi connectivity index (χ1n) is 9.24. The summed E-state index contributed by atoms with van der Waals surface area (Å²) in [5.74, 6) is 0.880. The second kappa shape index (κ2) is 8.51. The van der Waals surface area contributed by atoms with Gasteiger partial charge in [0.2, 0.25) is 0 Å². The zero-order valence-corrected chi connectivity index (χ0v) is 15.8. The van der Waals surface area contributed by atoms with Crippen molar-refractivity contribution >= 4 is 5.96 Å². The molecule has 0 saturated heterocycles. The highest BCUT2D eigenvalue weighted by Gasteiger charge is 2.53. The molecular weight excluding hydrogens is 302 g/mol. The van der Waals surface area contributed by atoms with Crippen molar-refractivity contribution < 1.29 is 4.74 Å². The van der Waals surface area contributed by atoms with Gasteiger partial charge in [0.05, 0.1) is 18.3 Å². The van der Waals surface area contributed by atoms with E-state index in [-0.39, 0.29) is 5.41 Å². The summed E-state index contributed by atoms with van der Waals surface area (Å²) < 4.78 is 7.84. The van der Waals surface area contributed by atoms with Gasteiger partial charge < -0.3 is 15.4 Å². The third kappa shape index (κ3) is 3.74. The number of hydrogen-bond donors (Lipinski definition) is 2. The van der Waals surface area contributed by atoms with Crippen molar-refractivity contribution in [3.63, 3.8) is 0 Å². The normalized spacial score (nSPS) is 23.0. The summed E-state index contributed by atoms with van der Waals surface area (Å²) in [4.78, 5) is 4.74. The molecule has 0 amide bonds. The summed E-state index contributed by atoms with van der Waals surface area (Å²) >= 11 is 0. The molecule has 2 N–H and O–H groups in total. The van der Waals surface area contributed by atoms with Crippen molar-refractivity contribution in [1.29, 1.82) is 0 Å². The molecular formula is C18H33N5O. The van der Waals surface area contributed by atoms with Crippen LogP contribution in [-0.4, -0.2) is 41.0 Å². The Kier molecular flexibility index (Phi) is 6.66. The van der Waals surface area contributed by atoms with E-state index in [1.54, 1.807) is 0 Å². The van der Waals surface area contributed by atoms with Crippen molar-refractivity contribution in [3.8, 4) is 0 Å². The Labute approximate surface area is 146 Å². The third-order valence-corrected chi connectivity index (χ3v) is 5.45. The molecule has 0 radical (unpaired) electrons. The average Bonchev–Trinajstić information content (AvgIpc) is 2.98. The van der Waals surface area contributed by atoms with Gasteiger partial charge in [-0.15, -0.1) is 0 Å². The second-order valence-corrected chi connectivity index (χ2v) is 6.46. The molecule has 0 bridgehead atoms. The molecule has 0 aliphatic heterocycles. The maximum Gasteiger partial charge on any atom is 0.191 e. The van der Waals surface area contributed by atoms with Crippen LogP contribution in [0.2, 0.25) is 0 Å². The predicted octanol–water partition coefficient (Wildman–Crippen LogP) is 2.46. The number of aliphatic imine (C=N–C) groups is 1. The molecule has 2 rings (SSSR count). The molecule has 6 nitrogen and oxygen atoms in total. The summed E-state index contributed by atoms with van der Waals surface area (Å²) in [5, 5.41) is 11.2. The van der Waals surface area contributed by atoms with Crippen LogP contribution in [0.15, 0.2) is 17.3 Å². The van der Waals surface area contributed by atoms with E-state index in [0.717, 1.165) is 44.1 Å². The van der Waals surface area contributed by atoms with Gasteiger partial charge in [0.1, 0.15) is 0 Å². The summed E-state index contributed by atoms with van der Waals surface area (Å²) in [6.07, 6.45) is 5.45. The number of hydrogen-bond acceptors (Lipinski definition) is 3. The molecule has 1 saturated carbocycles. The first-order chi connectivity index (χ1) is 11.6. The van der Waals surface area contributed by atoms with Gasteiger partial charge in [-0.25, -0.2) is 4.99 Å². The Morgan fingerprint density at radius 2 is 2.12 bits per heavy atom. The van der Waals surface area contributed by atoms with Crippen LogP contribution in [0.5, 0.6) is 0 Å².